The van der Waals surface area contributed by atoms with E-state index in [1.54, 1.807) is 0 Å². The van der Waals surface area contributed by atoms with Gasteiger partial charge in [-0.2, -0.15) is 0 Å². The highest BCUT2D eigenvalue weighted by molar-refractivity contribution is 7.27. The van der Waals surface area contributed by atoms with Crippen molar-refractivity contribution in [2.24, 2.45) is 0 Å². The SMILES string of the molecule is c1ccc(-c2cc(-n3c4ccccc4c4c5c6ccccc6c6ccccc6c5c5c6ccccc6sc5c43)nc3cnccc23)cc1. The minimum Gasteiger partial charge on any atom is -0.292 e. The Morgan fingerprint density at radius 2 is 1.12 bits per heavy atom. The molecule has 0 saturated heterocycles. The van der Waals surface area contributed by atoms with E-state index >= 15 is 0 Å². The quantitative estimate of drug-likeness (QED) is 0.179. The normalized spacial score (nSPS) is 12.2. The Bertz CT molecular complexity index is 3120. The molecule has 0 radical (unpaired) electrons. The largest absolute Gasteiger partial charge is 0.292 e. The van der Waals surface area contributed by atoms with Crippen LogP contribution in [0.5, 0.6) is 0 Å². The molecule has 3 nitrogen and oxygen atoms in total. The van der Waals surface area contributed by atoms with Crippen LogP contribution >= 0.6 is 11.3 Å². The van der Waals surface area contributed by atoms with E-state index in [0.717, 1.165) is 33.4 Å². The predicted octanol–water partition coefficient (Wildman–Crippen LogP) is 12.2. The maximum Gasteiger partial charge on any atom is 0.139 e. The first-order chi connectivity index (χ1) is 23.8. The molecule has 0 saturated carbocycles. The van der Waals surface area contributed by atoms with Crippen molar-refractivity contribution in [3.63, 3.8) is 0 Å². The van der Waals surface area contributed by atoms with Crippen molar-refractivity contribution in [1.29, 1.82) is 0 Å². The van der Waals surface area contributed by atoms with E-state index < -0.39 is 0 Å². The fourth-order valence-electron chi connectivity index (χ4n) is 8.10. The second-order valence-electron chi connectivity index (χ2n) is 12.5. The summed E-state index contributed by atoms with van der Waals surface area (Å²) >= 11 is 1.89. The first kappa shape index (κ1) is 26.0. The Morgan fingerprint density at radius 3 is 1.90 bits per heavy atom. The number of nitrogens with zero attached hydrogens (tertiary/aromatic N) is 3. The molecule has 0 aliphatic carbocycles. The van der Waals surface area contributed by atoms with Crippen LogP contribution in [0.4, 0.5) is 0 Å². The highest BCUT2D eigenvalue weighted by Gasteiger charge is 2.25. The third-order valence-electron chi connectivity index (χ3n) is 10.0. The maximum atomic E-state index is 5.36. The Labute approximate surface area is 278 Å². The van der Waals surface area contributed by atoms with Gasteiger partial charge in [-0.15, -0.1) is 11.3 Å². The van der Waals surface area contributed by atoms with Gasteiger partial charge >= 0.3 is 0 Å². The van der Waals surface area contributed by atoms with Crippen LogP contribution < -0.4 is 0 Å². The molecule has 0 aliphatic heterocycles. The summed E-state index contributed by atoms with van der Waals surface area (Å²) in [7, 11) is 0. The van der Waals surface area contributed by atoms with Crippen LogP contribution in [0.25, 0.3) is 102 Å². The minimum absolute atomic E-state index is 0.879. The molecule has 48 heavy (non-hydrogen) atoms. The van der Waals surface area contributed by atoms with Gasteiger partial charge in [0.2, 0.25) is 0 Å². The number of thiophene rings is 1. The molecular weight excluding hydrogens is 603 g/mol. The van der Waals surface area contributed by atoms with Gasteiger partial charge in [0.05, 0.1) is 27.4 Å². The van der Waals surface area contributed by atoms with Gasteiger partial charge in [-0.3, -0.25) is 9.55 Å². The lowest BCUT2D eigenvalue weighted by Crippen LogP contribution is -2.00. The summed E-state index contributed by atoms with van der Waals surface area (Å²) in [6.07, 6.45) is 3.75. The third kappa shape index (κ3) is 3.42. The number of fused-ring (bicyclic) bond motifs is 16. The fourth-order valence-corrected chi connectivity index (χ4v) is 9.35. The molecule has 222 valence electrons. The van der Waals surface area contributed by atoms with Crippen LogP contribution in [0, 0.1) is 0 Å². The molecule has 4 aromatic heterocycles. The highest BCUT2D eigenvalue weighted by Crippen LogP contribution is 2.51. The first-order valence-electron chi connectivity index (χ1n) is 16.3. The molecule has 4 heterocycles. The molecule has 11 aromatic rings. The molecule has 0 amide bonds. The zero-order chi connectivity index (χ0) is 31.3. The summed E-state index contributed by atoms with van der Waals surface area (Å²) < 4.78 is 4.99. The summed E-state index contributed by atoms with van der Waals surface area (Å²) in [5, 5.41) is 14.0. The molecule has 0 atom stereocenters. The van der Waals surface area contributed by atoms with Crippen molar-refractivity contribution in [3.8, 4) is 16.9 Å². The number of hydrogen-bond acceptors (Lipinski definition) is 3. The summed E-state index contributed by atoms with van der Waals surface area (Å²) in [6, 6.07) is 50.6. The average molecular weight is 628 g/mol. The van der Waals surface area contributed by atoms with Gasteiger partial charge in [0.15, 0.2) is 0 Å². The lowest BCUT2D eigenvalue weighted by atomic mass is 9.89. The molecule has 0 fully saturated rings. The van der Waals surface area contributed by atoms with Gasteiger partial charge in [-0.05, 0) is 56.9 Å². The van der Waals surface area contributed by atoms with Crippen LogP contribution in [0.3, 0.4) is 0 Å². The molecule has 11 rings (SSSR count). The van der Waals surface area contributed by atoms with E-state index in [-0.39, 0.29) is 0 Å². The molecule has 7 aromatic carbocycles. The Hall–Kier alpha value is -6.10. The number of hydrogen-bond donors (Lipinski definition) is 0. The number of para-hydroxylation sites is 1. The van der Waals surface area contributed by atoms with E-state index in [1.807, 2.05) is 23.7 Å². The number of rotatable bonds is 2. The van der Waals surface area contributed by atoms with Crippen molar-refractivity contribution in [3.05, 3.63) is 152 Å². The van der Waals surface area contributed by atoms with Crippen LogP contribution in [0.15, 0.2) is 152 Å². The van der Waals surface area contributed by atoms with Gasteiger partial charge in [-0.25, -0.2) is 4.98 Å². The zero-order valence-corrected chi connectivity index (χ0v) is 26.5. The molecule has 0 aliphatic rings. The van der Waals surface area contributed by atoms with Crippen LogP contribution in [0.2, 0.25) is 0 Å². The van der Waals surface area contributed by atoms with Crippen LogP contribution in [0.1, 0.15) is 0 Å². The van der Waals surface area contributed by atoms with Crippen molar-refractivity contribution >= 4 is 96.5 Å². The average Bonchev–Trinajstić information content (AvgIpc) is 3.71. The van der Waals surface area contributed by atoms with E-state index in [4.69, 9.17) is 4.98 Å². The standard InChI is InChI=1S/C44H25N3S/c1-2-12-26(13-3-1)34-24-38(46-35-25-45-23-22-29(34)35)47-36-20-10-8-18-32(36)41-39-30-16-6-4-14-27(30)28-15-5-7-17-31(28)40(39)42-33-19-9-11-21-37(33)48-44(42)43(41)47/h1-25H. The topological polar surface area (TPSA) is 30.7 Å². The van der Waals surface area contributed by atoms with E-state index in [0.29, 0.717) is 0 Å². The van der Waals surface area contributed by atoms with Crippen molar-refractivity contribution in [1.82, 2.24) is 14.5 Å². The van der Waals surface area contributed by atoms with Gasteiger partial charge in [0.25, 0.3) is 0 Å². The molecule has 0 bridgehead atoms. The van der Waals surface area contributed by atoms with Crippen LogP contribution in [-0.2, 0) is 0 Å². The molecular formula is C44H25N3S. The third-order valence-corrected chi connectivity index (χ3v) is 11.2. The molecule has 0 N–H and O–H groups in total. The van der Waals surface area contributed by atoms with Crippen molar-refractivity contribution in [2.45, 2.75) is 0 Å². The second-order valence-corrected chi connectivity index (χ2v) is 13.6. The number of pyridine rings is 2. The molecule has 0 spiro atoms. The highest BCUT2D eigenvalue weighted by atomic mass is 32.1. The lowest BCUT2D eigenvalue weighted by molar-refractivity contribution is 1.10. The molecule has 4 heteroatoms. The summed E-state index contributed by atoms with van der Waals surface area (Å²) in [4.78, 5) is 9.87. The number of aromatic nitrogens is 3. The van der Waals surface area contributed by atoms with Gasteiger partial charge in [-0.1, -0.05) is 115 Å². The van der Waals surface area contributed by atoms with Gasteiger partial charge < -0.3 is 0 Å². The Kier molecular flexibility index (Phi) is 5.26. The Balaban J connectivity index is 1.45. The van der Waals surface area contributed by atoms with Gasteiger partial charge in [0.1, 0.15) is 5.82 Å². The predicted molar refractivity (Wildman–Crippen MR) is 205 cm³/mol. The smallest absolute Gasteiger partial charge is 0.139 e. The van der Waals surface area contributed by atoms with Gasteiger partial charge in [0, 0.05) is 48.6 Å². The maximum absolute atomic E-state index is 5.36. The second kappa shape index (κ2) is 9.71. The minimum atomic E-state index is 0.879. The van der Waals surface area contributed by atoms with Crippen molar-refractivity contribution < 1.29 is 0 Å². The van der Waals surface area contributed by atoms with Crippen LogP contribution in [-0.4, -0.2) is 14.5 Å². The monoisotopic (exact) mass is 627 g/mol. The van der Waals surface area contributed by atoms with Crippen molar-refractivity contribution in [2.75, 3.05) is 0 Å². The van der Waals surface area contributed by atoms with E-state index in [9.17, 15) is 0 Å². The Morgan fingerprint density at radius 1 is 0.500 bits per heavy atom. The summed E-state index contributed by atoms with van der Waals surface area (Å²) in [5.74, 6) is 0.892. The van der Waals surface area contributed by atoms with E-state index in [1.165, 1.54) is 68.8 Å². The summed E-state index contributed by atoms with van der Waals surface area (Å²) in [6.45, 7) is 0. The molecule has 0 unspecified atom stereocenters. The fraction of sp³-hybridized carbons (Fsp3) is 0. The van der Waals surface area contributed by atoms with E-state index in [2.05, 4.69) is 149 Å². The first-order valence-corrected chi connectivity index (χ1v) is 17.1. The lowest BCUT2D eigenvalue weighted by Gasteiger charge is -2.15. The number of benzene rings is 7. The zero-order valence-electron chi connectivity index (χ0n) is 25.7. The summed E-state index contributed by atoms with van der Waals surface area (Å²) in [5.41, 5.74) is 5.53.